The Morgan fingerprint density at radius 1 is 1.30 bits per heavy atom. The molecular weight excluding hydrogens is 453 g/mol. The summed E-state index contributed by atoms with van der Waals surface area (Å²) in [5, 5.41) is 5.67. The van der Waals surface area contributed by atoms with E-state index in [1.54, 1.807) is 30.5 Å². The summed E-state index contributed by atoms with van der Waals surface area (Å²) in [5.74, 6) is 0.319. The second kappa shape index (κ2) is 7.09. The fraction of sp³-hybridized carbons (Fsp3) is 0. The second-order valence-corrected chi connectivity index (χ2v) is 6.35. The van der Waals surface area contributed by atoms with Crippen molar-refractivity contribution in [1.82, 2.24) is 10.3 Å². The zero-order chi connectivity index (χ0) is 14.5. The van der Waals surface area contributed by atoms with Gasteiger partial charge in [0.1, 0.15) is 5.82 Å². The quantitative estimate of drug-likeness (QED) is 0.530. The lowest BCUT2D eigenvalue weighted by atomic mass is 10.2. The topological polar surface area (TPSA) is 54.0 Å². The normalized spacial score (nSPS) is 9.90. The van der Waals surface area contributed by atoms with Crippen LogP contribution < -0.4 is 10.6 Å². The molecule has 102 valence electrons. The van der Waals surface area contributed by atoms with E-state index >= 15 is 0 Å². The number of halogens is 2. The van der Waals surface area contributed by atoms with Crippen molar-refractivity contribution in [3.8, 4) is 0 Å². The summed E-state index contributed by atoms with van der Waals surface area (Å²) in [7, 11) is 0. The van der Waals surface area contributed by atoms with Crippen molar-refractivity contribution in [3.05, 3.63) is 56.2 Å². The lowest BCUT2D eigenvalue weighted by Crippen LogP contribution is -2.34. The van der Waals surface area contributed by atoms with E-state index in [2.05, 4.69) is 54.1 Å². The number of nitrogens with one attached hydrogen (secondary N) is 2. The van der Waals surface area contributed by atoms with Gasteiger partial charge >= 0.3 is 0 Å². The highest BCUT2D eigenvalue weighted by atomic mass is 127. The summed E-state index contributed by atoms with van der Waals surface area (Å²) >= 11 is 10.6. The van der Waals surface area contributed by atoms with Crippen molar-refractivity contribution >= 4 is 67.6 Å². The highest BCUT2D eigenvalue weighted by molar-refractivity contribution is 14.1. The molecule has 4 nitrogen and oxygen atoms in total. The fourth-order valence-electron chi connectivity index (χ4n) is 1.40. The minimum Gasteiger partial charge on any atom is -0.317 e. The van der Waals surface area contributed by atoms with Crippen LogP contribution >= 0.6 is 50.7 Å². The van der Waals surface area contributed by atoms with Crippen LogP contribution in [0.25, 0.3) is 0 Å². The smallest absolute Gasteiger partial charge is 0.257 e. The number of carbonyl (C=O) groups is 1. The number of nitrogens with zero attached hydrogens (tertiary/aromatic N) is 1. The maximum absolute atomic E-state index is 12.0. The van der Waals surface area contributed by atoms with Gasteiger partial charge in [-0.05, 0) is 65.1 Å². The summed E-state index contributed by atoms with van der Waals surface area (Å²) in [5.41, 5.74) is 0.527. The summed E-state index contributed by atoms with van der Waals surface area (Å²) < 4.78 is 1.86. The third-order valence-electron chi connectivity index (χ3n) is 2.28. The van der Waals surface area contributed by atoms with Crippen LogP contribution in [-0.2, 0) is 0 Å². The van der Waals surface area contributed by atoms with Crippen molar-refractivity contribution in [1.29, 1.82) is 0 Å². The number of benzene rings is 1. The molecule has 0 bridgehead atoms. The Morgan fingerprint density at radius 3 is 2.75 bits per heavy atom. The van der Waals surface area contributed by atoms with Crippen molar-refractivity contribution in [3.63, 3.8) is 0 Å². The van der Waals surface area contributed by atoms with Crippen LogP contribution in [0, 0.1) is 3.57 Å². The van der Waals surface area contributed by atoms with E-state index in [0.29, 0.717) is 11.4 Å². The molecule has 2 N–H and O–H groups in total. The number of thiocarbonyl (C=S) groups is 1. The number of rotatable bonds is 2. The number of aromatic nitrogens is 1. The van der Waals surface area contributed by atoms with Gasteiger partial charge in [-0.3, -0.25) is 10.1 Å². The standard InChI is InChI=1S/C13H9BrIN3OS/c14-9-3-1-2-8(6-9)12(19)18-13(20)17-11-5-4-10(15)7-16-11/h1-7H,(H2,16,17,18,19,20). The van der Waals surface area contributed by atoms with Crippen LogP contribution in [0.2, 0.25) is 0 Å². The lowest BCUT2D eigenvalue weighted by Gasteiger charge is -2.09. The monoisotopic (exact) mass is 461 g/mol. The maximum Gasteiger partial charge on any atom is 0.257 e. The van der Waals surface area contributed by atoms with Crippen molar-refractivity contribution in [2.24, 2.45) is 0 Å². The molecule has 0 spiro atoms. The molecule has 0 unspecified atom stereocenters. The fourth-order valence-corrected chi connectivity index (χ4v) is 2.32. The third-order valence-corrected chi connectivity index (χ3v) is 3.62. The molecule has 0 aliphatic rings. The molecule has 0 radical (unpaired) electrons. The van der Waals surface area contributed by atoms with Crippen molar-refractivity contribution in [2.45, 2.75) is 0 Å². The predicted molar refractivity (Wildman–Crippen MR) is 94.8 cm³/mol. The second-order valence-electron chi connectivity index (χ2n) is 3.78. The average molecular weight is 462 g/mol. The number of carbonyl (C=O) groups excluding carboxylic acids is 1. The Labute approximate surface area is 143 Å². The van der Waals surface area contributed by atoms with Gasteiger partial charge in [-0.25, -0.2) is 4.98 Å². The van der Waals surface area contributed by atoms with Crippen LogP contribution in [0.4, 0.5) is 5.82 Å². The van der Waals surface area contributed by atoms with Gasteiger partial charge in [0, 0.05) is 19.8 Å². The summed E-state index contributed by atoms with van der Waals surface area (Å²) in [4.78, 5) is 16.1. The average Bonchev–Trinajstić information content (AvgIpc) is 2.41. The van der Waals surface area contributed by atoms with E-state index < -0.39 is 0 Å². The Hall–Kier alpha value is -1.06. The molecule has 2 aromatic rings. The molecule has 1 heterocycles. The molecule has 1 aromatic carbocycles. The number of hydrogen-bond donors (Lipinski definition) is 2. The van der Waals surface area contributed by atoms with Gasteiger partial charge in [0.25, 0.3) is 5.91 Å². The van der Waals surface area contributed by atoms with Crippen molar-refractivity contribution in [2.75, 3.05) is 5.32 Å². The number of pyridine rings is 1. The van der Waals surface area contributed by atoms with Crippen LogP contribution in [-0.4, -0.2) is 16.0 Å². The van der Waals surface area contributed by atoms with Crippen LogP contribution in [0.5, 0.6) is 0 Å². The number of anilines is 1. The van der Waals surface area contributed by atoms with Gasteiger partial charge in [0.05, 0.1) is 0 Å². The first kappa shape index (κ1) is 15.3. The van der Waals surface area contributed by atoms with Gasteiger partial charge in [0.15, 0.2) is 5.11 Å². The molecule has 0 fully saturated rings. The predicted octanol–water partition coefficient (Wildman–Crippen LogP) is 3.58. The molecule has 0 aliphatic heterocycles. The van der Waals surface area contributed by atoms with E-state index in [0.717, 1.165) is 8.04 Å². The van der Waals surface area contributed by atoms with Crippen LogP contribution in [0.1, 0.15) is 10.4 Å². The van der Waals surface area contributed by atoms with Crippen molar-refractivity contribution < 1.29 is 4.79 Å². The van der Waals surface area contributed by atoms with E-state index in [9.17, 15) is 4.79 Å². The van der Waals surface area contributed by atoms with Crippen LogP contribution in [0.3, 0.4) is 0 Å². The summed E-state index contributed by atoms with van der Waals surface area (Å²) in [6.45, 7) is 0. The first-order valence-corrected chi connectivity index (χ1v) is 7.82. The third kappa shape index (κ3) is 4.50. The Bertz CT molecular complexity index is 648. The van der Waals surface area contributed by atoms with Gasteiger partial charge in [-0.2, -0.15) is 0 Å². The molecule has 7 heteroatoms. The molecule has 0 atom stereocenters. The molecule has 1 aromatic heterocycles. The molecular formula is C13H9BrIN3OS. The number of hydrogen-bond acceptors (Lipinski definition) is 3. The maximum atomic E-state index is 12.0. The Balaban J connectivity index is 1.97. The molecule has 20 heavy (non-hydrogen) atoms. The largest absolute Gasteiger partial charge is 0.317 e. The Kier molecular flexibility index (Phi) is 5.44. The van der Waals surface area contributed by atoms with Gasteiger partial charge < -0.3 is 5.32 Å². The minimum absolute atomic E-state index is 0.212. The first-order chi connectivity index (χ1) is 9.54. The molecule has 1 amide bonds. The van der Waals surface area contributed by atoms with E-state index in [1.807, 2.05) is 12.1 Å². The zero-order valence-electron chi connectivity index (χ0n) is 10.1. The van der Waals surface area contributed by atoms with E-state index in [1.165, 1.54) is 0 Å². The highest BCUT2D eigenvalue weighted by Crippen LogP contribution is 2.11. The first-order valence-electron chi connectivity index (χ1n) is 5.54. The van der Waals surface area contributed by atoms with Gasteiger partial charge in [-0.1, -0.05) is 22.0 Å². The minimum atomic E-state index is -0.269. The lowest BCUT2D eigenvalue weighted by molar-refractivity contribution is 0.0977. The molecule has 2 rings (SSSR count). The zero-order valence-corrected chi connectivity index (χ0v) is 14.6. The summed E-state index contributed by atoms with van der Waals surface area (Å²) in [6.07, 6.45) is 1.71. The molecule has 0 aliphatic carbocycles. The number of amides is 1. The van der Waals surface area contributed by atoms with Gasteiger partial charge in [-0.15, -0.1) is 0 Å². The van der Waals surface area contributed by atoms with Gasteiger partial charge in [0.2, 0.25) is 0 Å². The Morgan fingerprint density at radius 2 is 2.10 bits per heavy atom. The van der Waals surface area contributed by atoms with Crippen LogP contribution in [0.15, 0.2) is 47.1 Å². The SMILES string of the molecule is O=C(NC(=S)Nc1ccc(I)cn1)c1cccc(Br)c1. The van der Waals surface area contributed by atoms with E-state index in [-0.39, 0.29) is 11.0 Å². The van der Waals surface area contributed by atoms with E-state index in [4.69, 9.17) is 12.2 Å². The highest BCUT2D eigenvalue weighted by Gasteiger charge is 2.08. The molecule has 0 saturated heterocycles. The molecule has 0 saturated carbocycles. The summed E-state index contributed by atoms with van der Waals surface area (Å²) in [6, 6.07) is 10.8.